The molecule has 4 atom stereocenters. The molecule has 88 valence electrons. The number of carbonyl (C=O) groups excluding carboxylic acids is 2. The normalized spacial score (nSPS) is 18.7. The van der Waals surface area contributed by atoms with Gasteiger partial charge in [0.2, 0.25) is 5.91 Å². The molecule has 0 aromatic carbocycles. The fourth-order valence-corrected chi connectivity index (χ4v) is 0.983. The van der Waals surface area contributed by atoms with Gasteiger partial charge in [0.25, 0.3) is 0 Å². The van der Waals surface area contributed by atoms with Crippen LogP contribution in [-0.4, -0.2) is 63.6 Å². The van der Waals surface area contributed by atoms with Crippen molar-refractivity contribution in [2.75, 3.05) is 6.61 Å². The molecule has 7 heteroatoms. The van der Waals surface area contributed by atoms with E-state index in [0.29, 0.717) is 0 Å². The predicted octanol–water partition coefficient (Wildman–Crippen LogP) is -3.23. The van der Waals surface area contributed by atoms with Crippen LogP contribution in [0.25, 0.3) is 0 Å². The van der Waals surface area contributed by atoms with E-state index in [2.05, 4.69) is 5.32 Å². The number of nitrogens with one attached hydrogen (secondary N) is 1. The highest BCUT2D eigenvalue weighted by Gasteiger charge is 2.31. The van der Waals surface area contributed by atoms with Gasteiger partial charge in [-0.25, -0.2) is 0 Å². The molecule has 0 fully saturated rings. The molecule has 0 aliphatic carbocycles. The minimum absolute atomic E-state index is 0.235. The predicted molar refractivity (Wildman–Crippen MR) is 48.8 cm³/mol. The first-order chi connectivity index (χ1) is 6.93. The molecule has 0 aliphatic rings. The van der Waals surface area contributed by atoms with Crippen LogP contribution in [0.4, 0.5) is 0 Å². The third kappa shape index (κ3) is 4.34. The zero-order valence-corrected chi connectivity index (χ0v) is 8.20. The Labute approximate surface area is 86.3 Å². The van der Waals surface area contributed by atoms with Gasteiger partial charge < -0.3 is 30.5 Å². The van der Waals surface area contributed by atoms with Crippen molar-refractivity contribution in [2.24, 2.45) is 0 Å². The Morgan fingerprint density at radius 1 is 1.33 bits per heavy atom. The molecular formula is C8H15NO6. The Kier molecular flexibility index (Phi) is 6.02. The van der Waals surface area contributed by atoms with Crippen LogP contribution in [0, 0.1) is 0 Å². The summed E-state index contributed by atoms with van der Waals surface area (Å²) in [5.41, 5.74) is 0. The summed E-state index contributed by atoms with van der Waals surface area (Å²) in [5.74, 6) is -0.558. The summed E-state index contributed by atoms with van der Waals surface area (Å²) in [7, 11) is 0. The number of aliphatic hydroxyl groups excluding tert-OH is 4. The third-order valence-electron chi connectivity index (χ3n) is 1.82. The van der Waals surface area contributed by atoms with E-state index in [9.17, 15) is 19.8 Å². The van der Waals surface area contributed by atoms with E-state index < -0.39 is 36.9 Å². The smallest absolute Gasteiger partial charge is 0.217 e. The molecule has 15 heavy (non-hydrogen) atoms. The van der Waals surface area contributed by atoms with E-state index in [1.807, 2.05) is 0 Å². The molecule has 0 aromatic rings. The third-order valence-corrected chi connectivity index (χ3v) is 1.82. The second-order valence-corrected chi connectivity index (χ2v) is 3.09. The van der Waals surface area contributed by atoms with Gasteiger partial charge in [0.15, 0.2) is 0 Å². The summed E-state index contributed by atoms with van der Waals surface area (Å²) >= 11 is 0. The molecule has 0 spiro atoms. The van der Waals surface area contributed by atoms with Crippen LogP contribution in [-0.2, 0) is 9.59 Å². The number of rotatable bonds is 6. The topological polar surface area (TPSA) is 127 Å². The summed E-state index contributed by atoms with van der Waals surface area (Å²) in [4.78, 5) is 21.1. The van der Waals surface area contributed by atoms with E-state index in [0.717, 1.165) is 6.92 Å². The minimum atomic E-state index is -1.71. The van der Waals surface area contributed by atoms with Gasteiger partial charge >= 0.3 is 0 Å². The van der Waals surface area contributed by atoms with E-state index in [1.54, 1.807) is 0 Å². The second kappa shape index (κ2) is 6.46. The number of hydrogen-bond acceptors (Lipinski definition) is 6. The average Bonchev–Trinajstić information content (AvgIpc) is 2.22. The van der Waals surface area contributed by atoms with Crippen molar-refractivity contribution in [1.82, 2.24) is 5.32 Å². The lowest BCUT2D eigenvalue weighted by Crippen LogP contribution is -2.53. The summed E-state index contributed by atoms with van der Waals surface area (Å²) in [6.07, 6.45) is -4.72. The van der Waals surface area contributed by atoms with Crippen molar-refractivity contribution in [1.29, 1.82) is 0 Å². The molecular weight excluding hydrogens is 207 g/mol. The van der Waals surface area contributed by atoms with Gasteiger partial charge in [-0.1, -0.05) is 0 Å². The maximum Gasteiger partial charge on any atom is 0.217 e. The monoisotopic (exact) mass is 222 g/mol. The minimum Gasteiger partial charge on any atom is -0.394 e. The number of aliphatic hydroxyl groups is 4. The van der Waals surface area contributed by atoms with Crippen molar-refractivity contribution >= 4 is 12.2 Å². The molecule has 0 aliphatic heterocycles. The van der Waals surface area contributed by atoms with Crippen LogP contribution in [0.3, 0.4) is 0 Å². The van der Waals surface area contributed by atoms with Crippen LogP contribution in [0.5, 0.6) is 0 Å². The van der Waals surface area contributed by atoms with E-state index in [-0.39, 0.29) is 6.29 Å². The highest BCUT2D eigenvalue weighted by molar-refractivity contribution is 5.77. The van der Waals surface area contributed by atoms with Crippen molar-refractivity contribution < 1.29 is 30.0 Å². The van der Waals surface area contributed by atoms with E-state index >= 15 is 0 Å². The summed E-state index contributed by atoms with van der Waals surface area (Å²) in [5, 5.41) is 38.2. The van der Waals surface area contributed by atoms with Crippen LogP contribution in [0.2, 0.25) is 0 Å². The summed E-state index contributed by atoms with van der Waals surface area (Å²) in [6.45, 7) is 0.377. The number of carbonyl (C=O) groups is 2. The first-order valence-electron chi connectivity index (χ1n) is 4.31. The summed E-state index contributed by atoms with van der Waals surface area (Å²) in [6, 6.07) is -1.32. The van der Waals surface area contributed by atoms with Gasteiger partial charge in [0, 0.05) is 6.92 Å². The van der Waals surface area contributed by atoms with Crippen molar-refractivity contribution in [3.05, 3.63) is 0 Å². The van der Waals surface area contributed by atoms with Crippen molar-refractivity contribution in [3.8, 4) is 0 Å². The Morgan fingerprint density at radius 2 is 1.87 bits per heavy atom. The maximum atomic E-state index is 10.6. The van der Waals surface area contributed by atoms with Crippen LogP contribution in [0.15, 0.2) is 0 Å². The largest absolute Gasteiger partial charge is 0.394 e. The van der Waals surface area contributed by atoms with Crippen molar-refractivity contribution in [3.63, 3.8) is 0 Å². The molecule has 0 saturated carbocycles. The molecule has 0 saturated heterocycles. The lowest BCUT2D eigenvalue weighted by molar-refractivity contribution is -0.129. The molecule has 0 heterocycles. The van der Waals surface area contributed by atoms with Crippen LogP contribution in [0.1, 0.15) is 6.92 Å². The average molecular weight is 222 g/mol. The Hall–Kier alpha value is -1.02. The van der Waals surface area contributed by atoms with Gasteiger partial charge in [-0.15, -0.1) is 0 Å². The highest BCUT2D eigenvalue weighted by atomic mass is 16.4. The van der Waals surface area contributed by atoms with Gasteiger partial charge in [0.05, 0.1) is 6.61 Å². The fraction of sp³-hybridized carbons (Fsp3) is 0.750. The molecule has 5 N–H and O–H groups in total. The summed E-state index contributed by atoms with van der Waals surface area (Å²) < 4.78 is 0. The molecule has 1 amide bonds. The standard InChI is InChI=1S/C8H15NO6/c1-4(12)9-5(2-10)7(14)8(15)6(13)3-11/h2,5-8,11,13-15H,3H2,1H3,(H,9,12)/t5-,6+,7+,8-/m0/s1/i2+1. The number of aldehydes is 1. The van der Waals surface area contributed by atoms with E-state index in [1.165, 1.54) is 0 Å². The Balaban J connectivity index is 4.42. The first-order valence-corrected chi connectivity index (χ1v) is 4.31. The quantitative estimate of drug-likeness (QED) is 0.237. The molecule has 0 aromatic heterocycles. The van der Waals surface area contributed by atoms with Gasteiger partial charge in [-0.05, 0) is 0 Å². The van der Waals surface area contributed by atoms with Crippen LogP contribution < -0.4 is 5.32 Å². The molecule has 0 radical (unpaired) electrons. The van der Waals surface area contributed by atoms with Crippen LogP contribution >= 0.6 is 0 Å². The van der Waals surface area contributed by atoms with E-state index in [4.69, 9.17) is 10.2 Å². The Morgan fingerprint density at radius 3 is 2.20 bits per heavy atom. The maximum absolute atomic E-state index is 10.6. The first kappa shape index (κ1) is 14.0. The molecule has 0 rings (SSSR count). The zero-order valence-electron chi connectivity index (χ0n) is 8.20. The SMILES string of the molecule is CC(=O)N[C@@H]([13CH]=O)[C@@H](O)[C@@H](O)[C@H](O)CO. The zero-order chi connectivity index (χ0) is 12.0. The molecule has 0 bridgehead atoms. The molecule has 0 unspecified atom stereocenters. The van der Waals surface area contributed by atoms with Gasteiger partial charge in [0.1, 0.15) is 30.6 Å². The Bertz CT molecular complexity index is 221. The van der Waals surface area contributed by atoms with Gasteiger partial charge in [-0.2, -0.15) is 0 Å². The molecule has 7 nitrogen and oxygen atoms in total. The van der Waals surface area contributed by atoms with Gasteiger partial charge in [-0.3, -0.25) is 4.79 Å². The van der Waals surface area contributed by atoms with Crippen molar-refractivity contribution in [2.45, 2.75) is 31.3 Å². The highest BCUT2D eigenvalue weighted by Crippen LogP contribution is 2.03. The second-order valence-electron chi connectivity index (χ2n) is 3.09. The number of hydrogen-bond donors (Lipinski definition) is 5. The fourth-order valence-electron chi connectivity index (χ4n) is 0.983. The number of amides is 1. The lowest BCUT2D eigenvalue weighted by Gasteiger charge is -2.25. The lowest BCUT2D eigenvalue weighted by atomic mass is 10.1.